The number of aromatic nitrogens is 2. The molecule has 5 heteroatoms. The lowest BCUT2D eigenvalue weighted by Gasteiger charge is -2.48. The van der Waals surface area contributed by atoms with Crippen molar-refractivity contribution in [3.8, 4) is 11.8 Å². The summed E-state index contributed by atoms with van der Waals surface area (Å²) in [6.45, 7) is 8.19. The zero-order valence-electron chi connectivity index (χ0n) is 17.1. The third-order valence-electron chi connectivity index (χ3n) is 6.51. The second-order valence-corrected chi connectivity index (χ2v) is 9.17. The molecule has 4 rings (SSSR count). The number of fused-ring (bicyclic) bond motifs is 1. The second-order valence-electron chi connectivity index (χ2n) is 9.17. The molecule has 150 valence electrons. The lowest BCUT2D eigenvalue weighted by Crippen LogP contribution is -2.41. The molecule has 0 radical (unpaired) electrons. The number of benzene rings is 1. The average Bonchev–Trinajstić information content (AvgIpc) is 3.08. The van der Waals surface area contributed by atoms with Crippen molar-refractivity contribution in [1.82, 2.24) is 9.55 Å². The van der Waals surface area contributed by atoms with E-state index in [1.54, 1.807) is 6.20 Å². The second kappa shape index (κ2) is 7.26. The number of rotatable bonds is 4. The summed E-state index contributed by atoms with van der Waals surface area (Å²) in [4.78, 5) is 15.2. The summed E-state index contributed by atoms with van der Waals surface area (Å²) in [5.74, 6) is 0.852. The predicted molar refractivity (Wildman–Crippen MR) is 109 cm³/mol. The van der Waals surface area contributed by atoms with E-state index in [2.05, 4.69) is 50.0 Å². The molecule has 1 atom stereocenters. The molecular formula is C23H30N2O3. The quantitative estimate of drug-likeness (QED) is 0.790. The van der Waals surface area contributed by atoms with E-state index in [-0.39, 0.29) is 22.5 Å². The summed E-state index contributed by atoms with van der Waals surface area (Å²) in [6, 6.07) is 10.5. The lowest BCUT2D eigenvalue weighted by molar-refractivity contribution is 0.125. The fourth-order valence-corrected chi connectivity index (χ4v) is 4.83. The van der Waals surface area contributed by atoms with Crippen molar-refractivity contribution in [3.63, 3.8) is 0 Å². The third kappa shape index (κ3) is 3.54. The van der Waals surface area contributed by atoms with Crippen molar-refractivity contribution in [2.24, 2.45) is 5.41 Å². The highest BCUT2D eigenvalue weighted by molar-refractivity contribution is 5.34. The summed E-state index contributed by atoms with van der Waals surface area (Å²) in [5.41, 5.74) is 1.64. The van der Waals surface area contributed by atoms with Gasteiger partial charge in [0.25, 0.3) is 11.6 Å². The van der Waals surface area contributed by atoms with Gasteiger partial charge in [0.15, 0.2) is 6.10 Å². The van der Waals surface area contributed by atoms with Crippen LogP contribution in [0.25, 0.3) is 0 Å². The summed E-state index contributed by atoms with van der Waals surface area (Å²) in [7, 11) is 0. The van der Waals surface area contributed by atoms with Crippen LogP contribution in [0, 0.1) is 5.41 Å². The van der Waals surface area contributed by atoms with Gasteiger partial charge in [0.1, 0.15) is 12.4 Å². The molecule has 1 aliphatic heterocycles. The number of nitrogens with zero attached hydrogens (tertiary/aromatic N) is 2. The molecule has 0 N–H and O–H groups in total. The van der Waals surface area contributed by atoms with E-state index in [1.807, 2.05) is 4.57 Å². The van der Waals surface area contributed by atoms with E-state index >= 15 is 0 Å². The van der Waals surface area contributed by atoms with Gasteiger partial charge in [-0.3, -0.25) is 9.36 Å². The van der Waals surface area contributed by atoms with E-state index in [0.717, 1.165) is 5.75 Å². The average molecular weight is 383 g/mol. The van der Waals surface area contributed by atoms with Crippen LogP contribution in [0.5, 0.6) is 11.8 Å². The van der Waals surface area contributed by atoms with E-state index in [9.17, 15) is 4.79 Å². The molecule has 1 aliphatic carbocycles. The zero-order valence-corrected chi connectivity index (χ0v) is 17.1. The van der Waals surface area contributed by atoms with Crippen molar-refractivity contribution in [1.29, 1.82) is 0 Å². The largest absolute Gasteiger partial charge is 0.490 e. The van der Waals surface area contributed by atoms with Gasteiger partial charge in [-0.15, -0.1) is 0 Å². The maximum absolute atomic E-state index is 11.3. The highest BCUT2D eigenvalue weighted by Gasteiger charge is 2.43. The Morgan fingerprint density at radius 1 is 1.14 bits per heavy atom. The van der Waals surface area contributed by atoms with Crippen LogP contribution in [0.2, 0.25) is 0 Å². The Labute approximate surface area is 166 Å². The van der Waals surface area contributed by atoms with Crippen LogP contribution >= 0.6 is 0 Å². The molecular weight excluding hydrogens is 352 g/mol. The number of ether oxygens (including phenoxy) is 2. The molecule has 2 aromatic rings. The minimum atomic E-state index is -0.279. The van der Waals surface area contributed by atoms with E-state index in [4.69, 9.17) is 9.47 Å². The van der Waals surface area contributed by atoms with Crippen molar-refractivity contribution in [2.75, 3.05) is 6.61 Å². The van der Waals surface area contributed by atoms with Crippen LogP contribution in [0.3, 0.4) is 0 Å². The topological polar surface area (TPSA) is 53.4 Å². The molecule has 5 nitrogen and oxygen atoms in total. The lowest BCUT2D eigenvalue weighted by atomic mass is 9.56. The van der Waals surface area contributed by atoms with Crippen LogP contribution in [0.4, 0.5) is 0 Å². The predicted octanol–water partition coefficient (Wildman–Crippen LogP) is 4.33. The highest BCUT2D eigenvalue weighted by atomic mass is 16.6. The first-order valence-corrected chi connectivity index (χ1v) is 10.3. The smallest absolute Gasteiger partial charge is 0.300 e. The fourth-order valence-electron chi connectivity index (χ4n) is 4.83. The Kier molecular flexibility index (Phi) is 4.94. The van der Waals surface area contributed by atoms with Gasteiger partial charge < -0.3 is 9.47 Å². The van der Waals surface area contributed by atoms with Gasteiger partial charge in [0, 0.05) is 17.7 Å². The molecule has 0 amide bonds. The first kappa shape index (κ1) is 19.0. The van der Waals surface area contributed by atoms with Crippen molar-refractivity contribution in [3.05, 3.63) is 52.4 Å². The van der Waals surface area contributed by atoms with Crippen molar-refractivity contribution < 1.29 is 9.47 Å². The van der Waals surface area contributed by atoms with Crippen LogP contribution < -0.4 is 15.0 Å². The van der Waals surface area contributed by atoms with Crippen LogP contribution in [-0.2, 0) is 12.0 Å². The minimum absolute atomic E-state index is 0.131. The Morgan fingerprint density at radius 2 is 1.86 bits per heavy atom. The summed E-state index contributed by atoms with van der Waals surface area (Å²) < 4.78 is 13.5. The highest BCUT2D eigenvalue weighted by Crippen LogP contribution is 2.51. The molecule has 2 heterocycles. The van der Waals surface area contributed by atoms with E-state index in [1.165, 1.54) is 43.7 Å². The SMILES string of the molecule is CC(C)(C)C1(c2ccc(OCC3Cn4ccc(=O)nc4O3)cc2)CCCCC1. The van der Waals surface area contributed by atoms with Crippen LogP contribution in [0.15, 0.2) is 41.3 Å². The molecule has 28 heavy (non-hydrogen) atoms. The normalized spacial score (nSPS) is 21.0. The molecule has 1 aromatic carbocycles. The van der Waals surface area contributed by atoms with E-state index in [0.29, 0.717) is 19.2 Å². The third-order valence-corrected chi connectivity index (χ3v) is 6.51. The summed E-state index contributed by atoms with van der Waals surface area (Å²) in [6.07, 6.45) is 8.08. The van der Waals surface area contributed by atoms with Gasteiger partial charge in [-0.05, 0) is 36.0 Å². The standard InChI is InChI=1S/C23H30N2O3/c1-22(2,3)23(12-5-4-6-13-23)17-7-9-18(10-8-17)27-16-19-15-25-14-11-20(26)24-21(25)28-19/h7-11,14,19H,4-6,12-13,15-16H2,1-3H3. The molecule has 0 spiro atoms. The zero-order chi connectivity index (χ0) is 19.8. The Balaban J connectivity index is 1.42. The Morgan fingerprint density at radius 3 is 2.54 bits per heavy atom. The fraction of sp³-hybridized carbons (Fsp3) is 0.565. The van der Waals surface area contributed by atoms with Gasteiger partial charge in [0.05, 0.1) is 6.54 Å². The molecule has 0 saturated heterocycles. The monoisotopic (exact) mass is 382 g/mol. The van der Waals surface area contributed by atoms with E-state index < -0.39 is 0 Å². The maximum Gasteiger partial charge on any atom is 0.300 e. The summed E-state index contributed by atoms with van der Waals surface area (Å²) >= 11 is 0. The van der Waals surface area contributed by atoms with Gasteiger partial charge >= 0.3 is 0 Å². The minimum Gasteiger partial charge on any atom is -0.490 e. The van der Waals surface area contributed by atoms with Crippen LogP contribution in [-0.4, -0.2) is 22.3 Å². The first-order chi connectivity index (χ1) is 13.4. The summed E-state index contributed by atoms with van der Waals surface area (Å²) in [5, 5.41) is 0. The van der Waals surface area contributed by atoms with Crippen molar-refractivity contribution >= 4 is 0 Å². The molecule has 1 aromatic heterocycles. The molecule has 2 aliphatic rings. The molecule has 0 bridgehead atoms. The molecule has 1 unspecified atom stereocenters. The van der Waals surface area contributed by atoms with Gasteiger partial charge in [-0.1, -0.05) is 52.2 Å². The number of hydrogen-bond donors (Lipinski definition) is 0. The first-order valence-electron chi connectivity index (χ1n) is 10.3. The van der Waals surface area contributed by atoms with Crippen molar-refractivity contribution in [2.45, 2.75) is 70.9 Å². The maximum atomic E-state index is 11.3. The van der Waals surface area contributed by atoms with Gasteiger partial charge in [-0.2, -0.15) is 4.98 Å². The Bertz CT molecular complexity index is 874. The molecule has 1 fully saturated rings. The Hall–Kier alpha value is -2.30. The molecule has 1 saturated carbocycles. The van der Waals surface area contributed by atoms with Gasteiger partial charge in [0.2, 0.25) is 0 Å². The van der Waals surface area contributed by atoms with Gasteiger partial charge in [-0.25, -0.2) is 0 Å². The van der Waals surface area contributed by atoms with Crippen LogP contribution in [0.1, 0.15) is 58.4 Å². The number of hydrogen-bond acceptors (Lipinski definition) is 4.